The van der Waals surface area contributed by atoms with Gasteiger partial charge in [-0.05, 0) is 29.7 Å². The fourth-order valence-electron chi connectivity index (χ4n) is 2.94. The van der Waals surface area contributed by atoms with Crippen LogP contribution in [0, 0.1) is 0 Å². The van der Waals surface area contributed by atoms with E-state index in [-0.39, 0.29) is 12.3 Å². The van der Waals surface area contributed by atoms with Crippen molar-refractivity contribution in [2.45, 2.75) is 19.8 Å². The number of hydrogen-bond donors (Lipinski definition) is 1. The van der Waals surface area contributed by atoms with Gasteiger partial charge in [0, 0.05) is 10.8 Å². The minimum absolute atomic E-state index is 0.143. The predicted octanol–water partition coefficient (Wildman–Crippen LogP) is 4.66. The van der Waals surface area contributed by atoms with E-state index in [4.69, 9.17) is 4.42 Å². The Kier molecular flexibility index (Phi) is 5.04. The van der Waals surface area contributed by atoms with Gasteiger partial charge in [0.05, 0.1) is 17.7 Å². The summed E-state index contributed by atoms with van der Waals surface area (Å²) in [5, 5.41) is 5.83. The van der Waals surface area contributed by atoms with Crippen LogP contribution in [0.5, 0.6) is 0 Å². The van der Waals surface area contributed by atoms with Crippen LogP contribution in [0.4, 0.5) is 5.13 Å². The Morgan fingerprint density at radius 3 is 2.64 bits per heavy atom. The van der Waals surface area contributed by atoms with E-state index in [9.17, 15) is 9.59 Å². The van der Waals surface area contributed by atoms with Crippen LogP contribution in [0.2, 0.25) is 0 Å². The molecule has 2 aromatic heterocycles. The molecule has 0 spiro atoms. The van der Waals surface area contributed by atoms with Gasteiger partial charge >= 0.3 is 5.63 Å². The summed E-state index contributed by atoms with van der Waals surface area (Å²) >= 11 is 1.28. The second-order valence-electron chi connectivity index (χ2n) is 6.42. The van der Waals surface area contributed by atoms with Crippen LogP contribution >= 0.6 is 11.3 Å². The zero-order valence-electron chi connectivity index (χ0n) is 15.3. The lowest BCUT2D eigenvalue weighted by Gasteiger charge is -2.03. The van der Waals surface area contributed by atoms with E-state index in [1.807, 2.05) is 42.5 Å². The molecule has 5 nitrogen and oxygen atoms in total. The SMILES string of the molecule is CCc1ccc(CC(=O)Nc2nc(-c3cc4ccccc4oc3=O)cs2)cc1. The molecule has 1 N–H and O–H groups in total. The number of carbonyl (C=O) groups excluding carboxylic acids is 1. The summed E-state index contributed by atoms with van der Waals surface area (Å²) in [5.74, 6) is -0.143. The smallest absolute Gasteiger partial charge is 0.345 e. The quantitative estimate of drug-likeness (QED) is 0.503. The monoisotopic (exact) mass is 390 g/mol. The number of para-hydroxylation sites is 1. The molecule has 0 aliphatic rings. The number of carbonyl (C=O) groups is 1. The van der Waals surface area contributed by atoms with Gasteiger partial charge in [-0.15, -0.1) is 11.3 Å². The summed E-state index contributed by atoms with van der Waals surface area (Å²) in [7, 11) is 0. The zero-order valence-corrected chi connectivity index (χ0v) is 16.1. The lowest BCUT2D eigenvalue weighted by Crippen LogP contribution is -2.14. The molecule has 0 saturated carbocycles. The van der Waals surface area contributed by atoms with Crippen LogP contribution in [0.1, 0.15) is 18.1 Å². The first-order valence-corrected chi connectivity index (χ1v) is 9.87. The summed E-state index contributed by atoms with van der Waals surface area (Å²) in [6.07, 6.45) is 1.24. The van der Waals surface area contributed by atoms with Crippen molar-refractivity contribution >= 4 is 33.3 Å². The van der Waals surface area contributed by atoms with Crippen molar-refractivity contribution in [3.8, 4) is 11.3 Å². The molecular weight excluding hydrogens is 372 g/mol. The summed E-state index contributed by atoms with van der Waals surface area (Å²) in [5.41, 5.74) is 3.15. The number of hydrogen-bond acceptors (Lipinski definition) is 5. The molecule has 0 radical (unpaired) electrons. The number of aryl methyl sites for hydroxylation is 1. The van der Waals surface area contributed by atoms with Crippen molar-refractivity contribution in [2.24, 2.45) is 0 Å². The maximum Gasteiger partial charge on any atom is 0.345 e. The normalized spacial score (nSPS) is 10.9. The van der Waals surface area contributed by atoms with Crippen LogP contribution in [-0.4, -0.2) is 10.9 Å². The highest BCUT2D eigenvalue weighted by molar-refractivity contribution is 7.14. The Morgan fingerprint density at radius 1 is 1.11 bits per heavy atom. The van der Waals surface area contributed by atoms with Crippen molar-refractivity contribution in [3.05, 3.63) is 81.5 Å². The highest BCUT2D eigenvalue weighted by Gasteiger charge is 2.13. The highest BCUT2D eigenvalue weighted by Crippen LogP contribution is 2.25. The number of nitrogens with one attached hydrogen (secondary N) is 1. The Morgan fingerprint density at radius 2 is 1.86 bits per heavy atom. The van der Waals surface area contributed by atoms with Crippen LogP contribution in [0.15, 0.2) is 69.2 Å². The van der Waals surface area contributed by atoms with E-state index in [2.05, 4.69) is 17.2 Å². The van der Waals surface area contributed by atoms with Gasteiger partial charge in [-0.2, -0.15) is 0 Å². The first-order valence-electron chi connectivity index (χ1n) is 8.99. The van der Waals surface area contributed by atoms with Gasteiger partial charge in [0.15, 0.2) is 5.13 Å². The molecule has 0 aliphatic carbocycles. The van der Waals surface area contributed by atoms with E-state index in [1.165, 1.54) is 16.9 Å². The Bertz CT molecular complexity index is 1190. The Balaban J connectivity index is 1.50. The number of fused-ring (bicyclic) bond motifs is 1. The van der Waals surface area contributed by atoms with Gasteiger partial charge in [0.1, 0.15) is 5.58 Å². The predicted molar refractivity (Wildman–Crippen MR) is 112 cm³/mol. The molecule has 4 rings (SSSR count). The third-order valence-electron chi connectivity index (χ3n) is 4.46. The molecule has 28 heavy (non-hydrogen) atoms. The number of aromatic nitrogens is 1. The number of rotatable bonds is 5. The van der Waals surface area contributed by atoms with E-state index in [1.54, 1.807) is 17.5 Å². The fourth-order valence-corrected chi connectivity index (χ4v) is 3.66. The molecule has 140 valence electrons. The first-order chi connectivity index (χ1) is 13.6. The van der Waals surface area contributed by atoms with Gasteiger partial charge < -0.3 is 9.73 Å². The first kappa shape index (κ1) is 18.1. The van der Waals surface area contributed by atoms with Gasteiger partial charge in [-0.25, -0.2) is 9.78 Å². The average molecular weight is 390 g/mol. The number of benzene rings is 2. The summed E-state index contributed by atoms with van der Waals surface area (Å²) in [6, 6.07) is 17.1. The molecule has 0 saturated heterocycles. The molecule has 4 aromatic rings. The van der Waals surface area contributed by atoms with Crippen LogP contribution < -0.4 is 10.9 Å². The third kappa shape index (κ3) is 3.87. The van der Waals surface area contributed by atoms with Gasteiger partial charge in [-0.1, -0.05) is 49.4 Å². The molecule has 6 heteroatoms. The lowest BCUT2D eigenvalue weighted by atomic mass is 10.1. The van der Waals surface area contributed by atoms with Crippen molar-refractivity contribution < 1.29 is 9.21 Å². The maximum atomic E-state index is 12.3. The average Bonchev–Trinajstić information content (AvgIpc) is 3.16. The van der Waals surface area contributed by atoms with E-state index in [0.29, 0.717) is 22.0 Å². The fraction of sp³-hybridized carbons (Fsp3) is 0.136. The topological polar surface area (TPSA) is 72.2 Å². The molecule has 0 bridgehead atoms. The van der Waals surface area contributed by atoms with Crippen molar-refractivity contribution in [3.63, 3.8) is 0 Å². The second-order valence-corrected chi connectivity index (χ2v) is 7.28. The molecular formula is C22H18N2O3S. The van der Waals surface area contributed by atoms with Crippen LogP contribution in [0.25, 0.3) is 22.2 Å². The van der Waals surface area contributed by atoms with E-state index < -0.39 is 5.63 Å². The molecule has 0 unspecified atom stereocenters. The van der Waals surface area contributed by atoms with E-state index >= 15 is 0 Å². The highest BCUT2D eigenvalue weighted by atomic mass is 32.1. The molecule has 2 heterocycles. The molecule has 0 aliphatic heterocycles. The Labute approximate surface area is 165 Å². The van der Waals surface area contributed by atoms with Gasteiger partial charge in [-0.3, -0.25) is 4.79 Å². The number of thiazole rings is 1. The van der Waals surface area contributed by atoms with Gasteiger partial charge in [0.2, 0.25) is 5.91 Å². The minimum Gasteiger partial charge on any atom is -0.422 e. The Hall–Kier alpha value is -3.25. The summed E-state index contributed by atoms with van der Waals surface area (Å²) in [6.45, 7) is 2.10. The summed E-state index contributed by atoms with van der Waals surface area (Å²) in [4.78, 5) is 29.0. The van der Waals surface area contributed by atoms with Crippen LogP contribution in [0.3, 0.4) is 0 Å². The number of anilines is 1. The van der Waals surface area contributed by atoms with E-state index in [0.717, 1.165) is 17.4 Å². The molecule has 1 amide bonds. The van der Waals surface area contributed by atoms with Crippen molar-refractivity contribution in [1.29, 1.82) is 0 Å². The number of nitrogens with zero attached hydrogens (tertiary/aromatic N) is 1. The zero-order chi connectivity index (χ0) is 19.5. The largest absolute Gasteiger partial charge is 0.422 e. The van der Waals surface area contributed by atoms with Crippen molar-refractivity contribution in [1.82, 2.24) is 4.98 Å². The number of amides is 1. The molecule has 0 fully saturated rings. The third-order valence-corrected chi connectivity index (χ3v) is 5.22. The minimum atomic E-state index is -0.446. The second kappa shape index (κ2) is 7.78. The molecule has 2 aromatic carbocycles. The van der Waals surface area contributed by atoms with Crippen molar-refractivity contribution in [2.75, 3.05) is 5.32 Å². The summed E-state index contributed by atoms with van der Waals surface area (Å²) < 4.78 is 5.36. The maximum absolute atomic E-state index is 12.3. The van der Waals surface area contributed by atoms with Crippen LogP contribution in [-0.2, 0) is 17.6 Å². The standard InChI is InChI=1S/C22H18N2O3S/c1-2-14-7-9-15(10-8-14)11-20(25)24-22-23-18(13-28-22)17-12-16-5-3-4-6-19(16)27-21(17)26/h3-10,12-13H,2,11H2,1H3,(H,23,24,25). The lowest BCUT2D eigenvalue weighted by molar-refractivity contribution is -0.115. The molecule has 0 atom stereocenters. The van der Waals surface area contributed by atoms with Gasteiger partial charge in [0.25, 0.3) is 0 Å².